The molecule has 0 aliphatic carbocycles. The maximum Gasteiger partial charge on any atom is 0.270 e. The standard InChI is InChI=1S/C20H14ClN7O5/c1-33-15-8-11(21)5-6-14(15)24-25-17-16(10-3-2-4-12(7-10)28(31)32)26-27-9-13(18(22)29)20(30)23-19(17)27/h2-9H,1H3,(H2,22,29)(H,23,30). The SMILES string of the molecule is COc1cc(Cl)ccc1N=Nc1c(-c2cccc([N+](=O)[O-])c2)nn2cc(C(N)=O)c(=O)[nH]c12. The second kappa shape index (κ2) is 8.51. The first-order valence-electron chi connectivity index (χ1n) is 9.24. The van der Waals surface area contributed by atoms with Crippen LogP contribution in [0.3, 0.4) is 0 Å². The second-order valence-electron chi connectivity index (χ2n) is 6.68. The minimum atomic E-state index is -0.945. The van der Waals surface area contributed by atoms with Crippen LogP contribution in [0.2, 0.25) is 5.02 Å². The number of nitro benzene ring substituents is 1. The number of nitrogens with zero attached hydrogens (tertiary/aromatic N) is 5. The number of halogens is 1. The zero-order valence-electron chi connectivity index (χ0n) is 16.9. The predicted molar refractivity (Wildman–Crippen MR) is 119 cm³/mol. The molecule has 13 heteroatoms. The van der Waals surface area contributed by atoms with Crippen molar-refractivity contribution in [2.75, 3.05) is 7.11 Å². The van der Waals surface area contributed by atoms with Crippen molar-refractivity contribution in [2.45, 2.75) is 0 Å². The Morgan fingerprint density at radius 3 is 2.76 bits per heavy atom. The number of non-ortho nitro benzene ring substituents is 1. The van der Waals surface area contributed by atoms with Crippen LogP contribution in [0.4, 0.5) is 17.1 Å². The lowest BCUT2D eigenvalue weighted by Gasteiger charge is -2.03. The minimum absolute atomic E-state index is 0.0978. The highest BCUT2D eigenvalue weighted by molar-refractivity contribution is 6.30. The van der Waals surface area contributed by atoms with Gasteiger partial charge in [0.15, 0.2) is 11.3 Å². The molecular weight excluding hydrogens is 454 g/mol. The number of azo groups is 1. The Labute approximate surface area is 189 Å². The Morgan fingerprint density at radius 2 is 2.06 bits per heavy atom. The van der Waals surface area contributed by atoms with Gasteiger partial charge in [-0.1, -0.05) is 23.7 Å². The summed E-state index contributed by atoms with van der Waals surface area (Å²) in [5, 5.41) is 24.4. The summed E-state index contributed by atoms with van der Waals surface area (Å²) in [5.74, 6) is -0.594. The Kier molecular flexibility index (Phi) is 5.58. The molecule has 0 saturated carbocycles. The third kappa shape index (κ3) is 4.14. The number of primary amides is 1. The molecule has 0 fully saturated rings. The van der Waals surface area contributed by atoms with E-state index in [0.717, 1.165) is 6.20 Å². The van der Waals surface area contributed by atoms with E-state index < -0.39 is 16.4 Å². The van der Waals surface area contributed by atoms with Crippen LogP contribution in [0.5, 0.6) is 5.75 Å². The number of aromatic amines is 1. The van der Waals surface area contributed by atoms with Gasteiger partial charge in [0, 0.05) is 35.0 Å². The lowest BCUT2D eigenvalue weighted by atomic mass is 10.1. The van der Waals surface area contributed by atoms with E-state index >= 15 is 0 Å². The maximum absolute atomic E-state index is 12.3. The molecule has 166 valence electrons. The predicted octanol–water partition coefficient (Wildman–Crippen LogP) is 3.77. The summed E-state index contributed by atoms with van der Waals surface area (Å²) >= 11 is 5.98. The van der Waals surface area contributed by atoms with E-state index in [0.29, 0.717) is 22.0 Å². The molecule has 1 amide bonds. The number of nitro groups is 1. The van der Waals surface area contributed by atoms with Gasteiger partial charge < -0.3 is 15.5 Å². The van der Waals surface area contributed by atoms with Crippen LogP contribution < -0.4 is 16.0 Å². The molecule has 3 N–H and O–H groups in total. The van der Waals surface area contributed by atoms with Gasteiger partial charge in [0.1, 0.15) is 22.7 Å². The molecule has 4 aromatic rings. The average Bonchev–Trinajstić information content (AvgIpc) is 3.14. The number of H-pyrrole nitrogens is 1. The number of fused-ring (bicyclic) bond motifs is 1. The summed E-state index contributed by atoms with van der Waals surface area (Å²) in [6.45, 7) is 0. The highest BCUT2D eigenvalue weighted by Gasteiger charge is 2.20. The lowest BCUT2D eigenvalue weighted by molar-refractivity contribution is -0.384. The van der Waals surface area contributed by atoms with E-state index in [2.05, 4.69) is 20.3 Å². The van der Waals surface area contributed by atoms with Crippen molar-refractivity contribution in [3.8, 4) is 17.0 Å². The number of nitrogens with two attached hydrogens (primary N) is 1. The number of carbonyl (C=O) groups excluding carboxylic acids is 1. The Morgan fingerprint density at radius 1 is 1.27 bits per heavy atom. The van der Waals surface area contributed by atoms with E-state index in [1.165, 1.54) is 29.8 Å². The fourth-order valence-electron chi connectivity index (χ4n) is 3.06. The van der Waals surface area contributed by atoms with Gasteiger partial charge in [-0.05, 0) is 12.1 Å². The van der Waals surface area contributed by atoms with Crippen LogP contribution in [0.25, 0.3) is 16.9 Å². The van der Waals surface area contributed by atoms with E-state index in [4.69, 9.17) is 22.1 Å². The first-order valence-corrected chi connectivity index (χ1v) is 9.62. The number of nitrogens with one attached hydrogen (secondary N) is 1. The zero-order chi connectivity index (χ0) is 23.7. The third-order valence-electron chi connectivity index (χ3n) is 4.61. The van der Waals surface area contributed by atoms with Crippen molar-refractivity contribution in [3.63, 3.8) is 0 Å². The number of hydrogen-bond acceptors (Lipinski definition) is 8. The number of carbonyl (C=O) groups is 1. The summed E-state index contributed by atoms with van der Waals surface area (Å²) in [6, 6.07) is 10.4. The molecule has 2 aromatic carbocycles. The summed E-state index contributed by atoms with van der Waals surface area (Å²) in [5.41, 5.74) is 5.06. The van der Waals surface area contributed by atoms with Crippen LogP contribution in [0.1, 0.15) is 10.4 Å². The summed E-state index contributed by atoms with van der Waals surface area (Å²) in [7, 11) is 1.44. The van der Waals surface area contributed by atoms with Crippen LogP contribution >= 0.6 is 11.6 Å². The fraction of sp³-hybridized carbons (Fsp3) is 0.0500. The number of ether oxygens (including phenoxy) is 1. The van der Waals surface area contributed by atoms with Gasteiger partial charge in [-0.25, -0.2) is 4.52 Å². The Balaban J connectivity index is 1.96. The molecule has 0 radical (unpaired) electrons. The molecule has 2 aromatic heterocycles. The highest BCUT2D eigenvalue weighted by Crippen LogP contribution is 2.37. The number of hydrogen-bond donors (Lipinski definition) is 2. The number of amides is 1. The molecule has 33 heavy (non-hydrogen) atoms. The molecule has 0 bridgehead atoms. The third-order valence-corrected chi connectivity index (χ3v) is 4.84. The molecule has 0 atom stereocenters. The maximum atomic E-state index is 12.3. The molecule has 0 saturated heterocycles. The van der Waals surface area contributed by atoms with Crippen molar-refractivity contribution >= 4 is 40.2 Å². The largest absolute Gasteiger partial charge is 0.494 e. The van der Waals surface area contributed by atoms with Crippen molar-refractivity contribution in [2.24, 2.45) is 16.0 Å². The lowest BCUT2D eigenvalue weighted by Crippen LogP contribution is -2.24. The first kappa shape index (κ1) is 21.6. The quantitative estimate of drug-likeness (QED) is 0.248. The number of aromatic nitrogens is 3. The van der Waals surface area contributed by atoms with Gasteiger partial charge in [0.05, 0.1) is 12.0 Å². The van der Waals surface area contributed by atoms with Gasteiger partial charge in [-0.3, -0.25) is 19.7 Å². The summed E-state index contributed by atoms with van der Waals surface area (Å²) in [6.07, 6.45) is 1.15. The van der Waals surface area contributed by atoms with Crippen molar-refractivity contribution in [3.05, 3.63) is 79.7 Å². The molecule has 0 unspecified atom stereocenters. The number of methoxy groups -OCH3 is 1. The minimum Gasteiger partial charge on any atom is -0.494 e. The topological polar surface area (TPSA) is 170 Å². The van der Waals surface area contributed by atoms with Crippen LogP contribution in [0, 0.1) is 10.1 Å². The van der Waals surface area contributed by atoms with E-state index in [-0.39, 0.29) is 28.3 Å². The molecular formula is C20H14ClN7O5. The smallest absolute Gasteiger partial charge is 0.270 e. The van der Waals surface area contributed by atoms with Crippen molar-refractivity contribution in [1.29, 1.82) is 0 Å². The monoisotopic (exact) mass is 467 g/mol. The van der Waals surface area contributed by atoms with E-state index in [1.807, 2.05) is 0 Å². The van der Waals surface area contributed by atoms with Gasteiger partial charge in [-0.15, -0.1) is 10.2 Å². The van der Waals surface area contributed by atoms with Crippen LogP contribution in [-0.2, 0) is 0 Å². The molecule has 4 rings (SSSR count). The molecule has 0 aliphatic rings. The molecule has 0 spiro atoms. The second-order valence-corrected chi connectivity index (χ2v) is 7.11. The number of benzene rings is 2. The molecule has 12 nitrogen and oxygen atoms in total. The Hall–Kier alpha value is -4.58. The average molecular weight is 468 g/mol. The summed E-state index contributed by atoms with van der Waals surface area (Å²) < 4.78 is 6.46. The van der Waals surface area contributed by atoms with Gasteiger partial charge >= 0.3 is 0 Å². The fourth-order valence-corrected chi connectivity index (χ4v) is 3.22. The van der Waals surface area contributed by atoms with E-state index in [1.54, 1.807) is 24.3 Å². The highest BCUT2D eigenvalue weighted by atomic mass is 35.5. The van der Waals surface area contributed by atoms with E-state index in [9.17, 15) is 19.7 Å². The van der Waals surface area contributed by atoms with Crippen LogP contribution in [-0.4, -0.2) is 32.5 Å². The Bertz CT molecular complexity index is 1510. The molecule has 2 heterocycles. The number of rotatable bonds is 6. The first-order chi connectivity index (χ1) is 15.8. The zero-order valence-corrected chi connectivity index (χ0v) is 17.6. The molecule has 0 aliphatic heterocycles. The van der Waals surface area contributed by atoms with Crippen LogP contribution in [0.15, 0.2) is 63.7 Å². The normalized spacial score (nSPS) is 11.2. The summed E-state index contributed by atoms with van der Waals surface area (Å²) in [4.78, 5) is 37.1. The van der Waals surface area contributed by atoms with Gasteiger partial charge in [-0.2, -0.15) is 5.10 Å². The van der Waals surface area contributed by atoms with Gasteiger partial charge in [0.25, 0.3) is 17.2 Å². The van der Waals surface area contributed by atoms with Crippen molar-refractivity contribution < 1.29 is 14.5 Å². The van der Waals surface area contributed by atoms with Gasteiger partial charge in [0.2, 0.25) is 0 Å². The van der Waals surface area contributed by atoms with Crippen molar-refractivity contribution in [1.82, 2.24) is 14.6 Å².